The first-order chi connectivity index (χ1) is 19.0. The van der Waals surface area contributed by atoms with Crippen LogP contribution in [0.3, 0.4) is 0 Å². The zero-order valence-electron chi connectivity index (χ0n) is 22.6. The number of anilines is 2. The van der Waals surface area contributed by atoms with E-state index in [1.54, 1.807) is 50.6 Å². The molecule has 0 spiro atoms. The van der Waals surface area contributed by atoms with E-state index in [2.05, 4.69) is 25.4 Å². The lowest BCUT2D eigenvalue weighted by Crippen LogP contribution is -2.25. The van der Waals surface area contributed by atoms with Crippen molar-refractivity contribution in [2.75, 3.05) is 5.32 Å². The first-order valence-electron chi connectivity index (χ1n) is 12.4. The molecule has 0 atom stereocenters. The number of rotatable bonds is 5. The van der Waals surface area contributed by atoms with Gasteiger partial charge in [-0.15, -0.1) is 0 Å². The van der Waals surface area contributed by atoms with Gasteiger partial charge in [0.05, 0.1) is 17.1 Å². The predicted octanol–water partition coefficient (Wildman–Crippen LogP) is 4.24. The lowest BCUT2D eigenvalue weighted by molar-refractivity contribution is 0.112. The van der Waals surface area contributed by atoms with Crippen LogP contribution in [0.15, 0.2) is 64.7 Å². The standard InChI is InChI=1S/C29H26FN7O3/c1-16-31-9-7-24(34-16)35-23-11-18(14-36(5)27(23)39)20-6-8-32-26(21(20)15-38)37-28(40)25-17(13-33-37)10-19(12-22(25)30)29(2,3)4/h6-15H,1-5H3,(H,31,34,35). The van der Waals surface area contributed by atoms with E-state index in [0.29, 0.717) is 34.4 Å². The number of nitrogens with zero attached hydrogens (tertiary/aromatic N) is 6. The van der Waals surface area contributed by atoms with Crippen LogP contribution in [0.25, 0.3) is 27.7 Å². The number of hydrogen-bond donors (Lipinski definition) is 1. The van der Waals surface area contributed by atoms with Gasteiger partial charge < -0.3 is 9.88 Å². The third-order valence-electron chi connectivity index (χ3n) is 6.53. The summed E-state index contributed by atoms with van der Waals surface area (Å²) in [4.78, 5) is 51.3. The molecule has 40 heavy (non-hydrogen) atoms. The summed E-state index contributed by atoms with van der Waals surface area (Å²) >= 11 is 0. The van der Waals surface area contributed by atoms with Gasteiger partial charge in [-0.25, -0.2) is 19.3 Å². The summed E-state index contributed by atoms with van der Waals surface area (Å²) in [6.45, 7) is 7.57. The van der Waals surface area contributed by atoms with Crippen molar-refractivity contribution in [1.29, 1.82) is 0 Å². The third kappa shape index (κ3) is 4.77. The normalized spacial score (nSPS) is 11.6. The highest BCUT2D eigenvalue weighted by molar-refractivity contribution is 5.92. The summed E-state index contributed by atoms with van der Waals surface area (Å²) in [5.41, 5.74) is 0.480. The molecule has 4 aromatic heterocycles. The minimum Gasteiger partial charge on any atom is -0.336 e. The van der Waals surface area contributed by atoms with Gasteiger partial charge in [0, 0.05) is 36.6 Å². The molecular weight excluding hydrogens is 513 g/mol. The van der Waals surface area contributed by atoms with E-state index >= 15 is 4.39 Å². The minimum absolute atomic E-state index is 0.0469. The number of carbonyl (C=O) groups excluding carboxylic acids is 1. The number of aryl methyl sites for hydroxylation is 2. The molecule has 202 valence electrons. The van der Waals surface area contributed by atoms with Gasteiger partial charge in [0.15, 0.2) is 12.1 Å². The Labute approximate surface area is 228 Å². The maximum absolute atomic E-state index is 15.2. The molecule has 0 aliphatic carbocycles. The highest BCUT2D eigenvalue weighted by Gasteiger charge is 2.21. The van der Waals surface area contributed by atoms with Crippen molar-refractivity contribution >= 4 is 28.6 Å². The molecule has 0 fully saturated rings. The van der Waals surface area contributed by atoms with E-state index in [-0.39, 0.29) is 33.4 Å². The molecule has 0 aliphatic heterocycles. The van der Waals surface area contributed by atoms with Crippen LogP contribution >= 0.6 is 0 Å². The van der Waals surface area contributed by atoms with Gasteiger partial charge in [0.25, 0.3) is 11.1 Å². The van der Waals surface area contributed by atoms with Crippen molar-refractivity contribution in [2.24, 2.45) is 7.05 Å². The van der Waals surface area contributed by atoms with E-state index in [1.807, 2.05) is 20.8 Å². The molecule has 0 saturated carbocycles. The molecule has 0 unspecified atom stereocenters. The van der Waals surface area contributed by atoms with E-state index in [4.69, 9.17) is 0 Å². The lowest BCUT2D eigenvalue weighted by atomic mass is 9.86. The minimum atomic E-state index is -0.745. The van der Waals surface area contributed by atoms with Crippen LogP contribution in [-0.2, 0) is 12.5 Å². The Morgan fingerprint density at radius 3 is 2.48 bits per heavy atom. The topological polar surface area (TPSA) is 125 Å². The first-order valence-corrected chi connectivity index (χ1v) is 12.4. The maximum Gasteiger partial charge on any atom is 0.283 e. The SMILES string of the molecule is Cc1nccc(Nc2cc(-c3ccnc(-n4ncc5cc(C(C)(C)C)cc(F)c5c4=O)c3C=O)cn(C)c2=O)n1. The molecule has 5 aromatic rings. The number of aromatic nitrogens is 6. The van der Waals surface area contributed by atoms with Crippen LogP contribution in [0.1, 0.15) is 42.5 Å². The van der Waals surface area contributed by atoms with E-state index in [9.17, 15) is 14.4 Å². The summed E-state index contributed by atoms with van der Waals surface area (Å²) in [7, 11) is 1.58. The fourth-order valence-electron chi connectivity index (χ4n) is 4.43. The van der Waals surface area contributed by atoms with Crippen LogP contribution in [0, 0.1) is 12.7 Å². The molecule has 5 rings (SSSR count). The number of halogens is 1. The number of fused-ring (bicyclic) bond motifs is 1. The van der Waals surface area contributed by atoms with Crippen LogP contribution < -0.4 is 16.4 Å². The predicted molar refractivity (Wildman–Crippen MR) is 150 cm³/mol. The summed E-state index contributed by atoms with van der Waals surface area (Å²) < 4.78 is 17.5. The van der Waals surface area contributed by atoms with Crippen LogP contribution in [0.4, 0.5) is 15.9 Å². The van der Waals surface area contributed by atoms with Crippen molar-refractivity contribution in [1.82, 2.24) is 29.3 Å². The second kappa shape index (κ2) is 9.92. The monoisotopic (exact) mass is 539 g/mol. The zero-order chi connectivity index (χ0) is 28.8. The average molecular weight is 540 g/mol. The lowest BCUT2D eigenvalue weighted by Gasteiger charge is -2.20. The number of hydrogen-bond acceptors (Lipinski definition) is 8. The quantitative estimate of drug-likeness (QED) is 0.329. The van der Waals surface area contributed by atoms with Crippen molar-refractivity contribution in [2.45, 2.75) is 33.1 Å². The summed E-state index contributed by atoms with van der Waals surface area (Å²) in [6, 6.07) is 7.88. The van der Waals surface area contributed by atoms with Crippen LogP contribution in [0.5, 0.6) is 0 Å². The Bertz CT molecular complexity index is 1920. The van der Waals surface area contributed by atoms with Gasteiger partial charge in [-0.05, 0) is 53.8 Å². The van der Waals surface area contributed by atoms with Crippen molar-refractivity contribution in [3.8, 4) is 16.9 Å². The smallest absolute Gasteiger partial charge is 0.283 e. The van der Waals surface area contributed by atoms with Crippen LogP contribution in [0.2, 0.25) is 0 Å². The Kier molecular flexibility index (Phi) is 6.58. The van der Waals surface area contributed by atoms with Crippen molar-refractivity contribution < 1.29 is 9.18 Å². The largest absolute Gasteiger partial charge is 0.336 e. The molecule has 0 bridgehead atoms. The van der Waals surface area contributed by atoms with Gasteiger partial charge >= 0.3 is 0 Å². The molecule has 11 heteroatoms. The summed E-state index contributed by atoms with van der Waals surface area (Å²) in [5.74, 6) is 0.213. The Balaban J connectivity index is 1.66. The van der Waals surface area contributed by atoms with E-state index < -0.39 is 11.4 Å². The van der Waals surface area contributed by atoms with E-state index in [1.165, 1.54) is 23.0 Å². The third-order valence-corrected chi connectivity index (χ3v) is 6.53. The molecule has 4 heterocycles. The molecule has 1 aromatic carbocycles. The van der Waals surface area contributed by atoms with Gasteiger partial charge in [-0.2, -0.15) is 9.78 Å². The fraction of sp³-hybridized carbons (Fsp3) is 0.207. The van der Waals surface area contributed by atoms with Gasteiger partial charge in [0.1, 0.15) is 23.1 Å². The number of pyridine rings is 2. The van der Waals surface area contributed by atoms with Gasteiger partial charge in [-0.3, -0.25) is 14.4 Å². The van der Waals surface area contributed by atoms with Gasteiger partial charge in [0.2, 0.25) is 0 Å². The number of aldehydes is 1. The highest BCUT2D eigenvalue weighted by atomic mass is 19.1. The maximum atomic E-state index is 15.2. The Morgan fingerprint density at radius 1 is 1.02 bits per heavy atom. The number of carbonyl (C=O) groups is 1. The van der Waals surface area contributed by atoms with Gasteiger partial charge in [-0.1, -0.05) is 20.8 Å². The number of benzene rings is 1. The molecule has 0 aliphatic rings. The van der Waals surface area contributed by atoms with E-state index in [0.717, 1.165) is 10.2 Å². The second-order valence-corrected chi connectivity index (χ2v) is 10.4. The van der Waals surface area contributed by atoms with Crippen molar-refractivity contribution in [3.05, 3.63) is 98.6 Å². The summed E-state index contributed by atoms with van der Waals surface area (Å²) in [5, 5.41) is 7.43. The Morgan fingerprint density at radius 2 is 1.77 bits per heavy atom. The summed E-state index contributed by atoms with van der Waals surface area (Å²) in [6.07, 6.45) is 6.49. The van der Waals surface area contributed by atoms with Crippen LogP contribution in [-0.4, -0.2) is 35.6 Å². The molecule has 1 N–H and O–H groups in total. The molecule has 0 radical (unpaired) electrons. The molecule has 0 saturated heterocycles. The highest BCUT2D eigenvalue weighted by Crippen LogP contribution is 2.29. The zero-order valence-corrected chi connectivity index (χ0v) is 22.6. The second-order valence-electron chi connectivity index (χ2n) is 10.4. The first kappa shape index (κ1) is 26.5. The Hall–Kier alpha value is -5.06. The number of nitrogens with one attached hydrogen (secondary N) is 1. The fourth-order valence-corrected chi connectivity index (χ4v) is 4.43. The van der Waals surface area contributed by atoms with Crippen molar-refractivity contribution in [3.63, 3.8) is 0 Å². The molecule has 0 amide bonds. The molecular formula is C29H26FN7O3. The molecule has 10 nitrogen and oxygen atoms in total. The average Bonchev–Trinajstić information content (AvgIpc) is 2.90.